The first-order valence-electron chi connectivity index (χ1n) is 15.8. The van der Waals surface area contributed by atoms with Crippen molar-refractivity contribution in [2.45, 2.75) is 110 Å². The van der Waals surface area contributed by atoms with Crippen molar-refractivity contribution in [1.29, 1.82) is 0 Å². The molecule has 3 fully saturated rings. The number of fused-ring (bicyclic) bond motifs is 2. The number of hydrogen-bond donors (Lipinski definition) is 0. The molecule has 2 atom stereocenters. The van der Waals surface area contributed by atoms with Crippen LogP contribution < -0.4 is 0 Å². The second-order valence-corrected chi connectivity index (χ2v) is 13.9. The van der Waals surface area contributed by atoms with E-state index in [1.54, 1.807) is 14.7 Å². The molecule has 0 saturated carbocycles. The van der Waals surface area contributed by atoms with Crippen molar-refractivity contribution in [3.63, 3.8) is 0 Å². The quantitative estimate of drug-likeness (QED) is 0.382. The van der Waals surface area contributed by atoms with Gasteiger partial charge in [0.1, 0.15) is 23.9 Å². The molecule has 1 aromatic heterocycles. The van der Waals surface area contributed by atoms with Crippen molar-refractivity contribution >= 4 is 18.2 Å². The van der Waals surface area contributed by atoms with Crippen molar-refractivity contribution in [1.82, 2.24) is 30.0 Å². The number of hydroxylamine groups is 2. The van der Waals surface area contributed by atoms with E-state index in [0.29, 0.717) is 70.3 Å². The molecule has 45 heavy (non-hydrogen) atoms. The van der Waals surface area contributed by atoms with Crippen LogP contribution in [0, 0.1) is 0 Å². The molecule has 13 nitrogen and oxygen atoms in total. The molecule has 246 valence electrons. The van der Waals surface area contributed by atoms with Crippen LogP contribution in [0.15, 0.2) is 34.7 Å². The fourth-order valence-corrected chi connectivity index (χ4v) is 5.92. The van der Waals surface area contributed by atoms with E-state index in [1.807, 2.05) is 71.9 Å². The van der Waals surface area contributed by atoms with Crippen molar-refractivity contribution in [2.75, 3.05) is 26.2 Å². The Balaban J connectivity index is 1.19. The Hall–Kier alpha value is -3.87. The predicted molar refractivity (Wildman–Crippen MR) is 163 cm³/mol. The third-order valence-corrected chi connectivity index (χ3v) is 8.06. The first kappa shape index (κ1) is 32.5. The van der Waals surface area contributed by atoms with Gasteiger partial charge in [-0.25, -0.2) is 14.4 Å². The van der Waals surface area contributed by atoms with Gasteiger partial charge < -0.3 is 28.6 Å². The number of amides is 4. The molecule has 2 bridgehead atoms. The van der Waals surface area contributed by atoms with E-state index in [2.05, 4.69) is 10.2 Å². The summed E-state index contributed by atoms with van der Waals surface area (Å²) < 4.78 is 17.3. The molecule has 1 aromatic carbocycles. The van der Waals surface area contributed by atoms with Gasteiger partial charge >= 0.3 is 18.2 Å². The average molecular weight is 627 g/mol. The summed E-state index contributed by atoms with van der Waals surface area (Å²) in [5.41, 5.74) is -0.241. The van der Waals surface area contributed by atoms with Crippen molar-refractivity contribution in [3.8, 4) is 0 Å². The zero-order valence-corrected chi connectivity index (χ0v) is 27.2. The molecule has 0 unspecified atom stereocenters. The molecular weight excluding hydrogens is 580 g/mol. The molecule has 0 N–H and O–H groups in total. The maximum Gasteiger partial charge on any atom is 0.410 e. The minimum Gasteiger partial charge on any atom is -0.444 e. The van der Waals surface area contributed by atoms with E-state index in [-0.39, 0.29) is 30.2 Å². The first-order chi connectivity index (χ1) is 21.3. The van der Waals surface area contributed by atoms with Crippen molar-refractivity contribution < 1.29 is 33.1 Å². The molecule has 3 aliphatic heterocycles. The highest BCUT2D eigenvalue weighted by Crippen LogP contribution is 2.38. The number of nitrogens with zero attached hydrogens (tertiary/aromatic N) is 6. The van der Waals surface area contributed by atoms with E-state index in [4.69, 9.17) is 18.7 Å². The first-order valence-corrected chi connectivity index (χ1v) is 15.8. The molecule has 3 aliphatic rings. The zero-order chi connectivity index (χ0) is 32.4. The fourth-order valence-electron chi connectivity index (χ4n) is 5.92. The van der Waals surface area contributed by atoms with E-state index in [9.17, 15) is 14.4 Å². The minimum absolute atomic E-state index is 0.0241. The molecule has 0 spiro atoms. The van der Waals surface area contributed by atoms with E-state index in [1.165, 1.54) is 5.06 Å². The summed E-state index contributed by atoms with van der Waals surface area (Å²) >= 11 is 0. The molecule has 4 heterocycles. The number of carbonyl (C=O) groups excluding carboxylic acids is 3. The number of carbonyl (C=O) groups is 3. The maximum absolute atomic E-state index is 13.3. The Morgan fingerprint density at radius 2 is 1.64 bits per heavy atom. The molecule has 2 aromatic rings. The topological polar surface area (TPSA) is 131 Å². The van der Waals surface area contributed by atoms with Crippen LogP contribution in [0.5, 0.6) is 0 Å². The third kappa shape index (κ3) is 8.24. The van der Waals surface area contributed by atoms with Crippen LogP contribution in [0.4, 0.5) is 14.4 Å². The van der Waals surface area contributed by atoms with Gasteiger partial charge in [-0.05, 0) is 72.8 Å². The highest BCUT2D eigenvalue weighted by molar-refractivity contribution is 5.77. The van der Waals surface area contributed by atoms with E-state index >= 15 is 0 Å². The summed E-state index contributed by atoms with van der Waals surface area (Å²) in [6.07, 6.45) is 2.19. The number of rotatable bonds is 8. The molecule has 0 radical (unpaired) electrons. The Morgan fingerprint density at radius 1 is 0.956 bits per heavy atom. The van der Waals surface area contributed by atoms with Gasteiger partial charge in [-0.1, -0.05) is 30.3 Å². The second-order valence-electron chi connectivity index (χ2n) is 13.9. The maximum atomic E-state index is 13.3. The normalized spacial score (nSPS) is 20.8. The molecule has 13 heteroatoms. The molecule has 5 rings (SSSR count). The summed E-state index contributed by atoms with van der Waals surface area (Å²) in [5.74, 6) is 0.770. The Morgan fingerprint density at radius 3 is 2.31 bits per heavy atom. The third-order valence-electron chi connectivity index (χ3n) is 8.06. The van der Waals surface area contributed by atoms with Gasteiger partial charge in [-0.3, -0.25) is 4.84 Å². The van der Waals surface area contributed by atoms with Crippen molar-refractivity contribution in [2.24, 2.45) is 0 Å². The van der Waals surface area contributed by atoms with Crippen molar-refractivity contribution in [3.05, 3.63) is 47.7 Å². The number of aromatic nitrogens is 2. The van der Waals surface area contributed by atoms with Gasteiger partial charge in [-0.2, -0.15) is 5.06 Å². The van der Waals surface area contributed by atoms with Crippen LogP contribution in [0.25, 0.3) is 0 Å². The number of hydrogen-bond acceptors (Lipinski definition) is 9. The highest BCUT2D eigenvalue weighted by Gasteiger charge is 2.48. The van der Waals surface area contributed by atoms with Crippen LogP contribution in [-0.2, 0) is 27.3 Å². The monoisotopic (exact) mass is 626 g/mol. The van der Waals surface area contributed by atoms with Gasteiger partial charge in [0.2, 0.25) is 11.8 Å². The summed E-state index contributed by atoms with van der Waals surface area (Å²) in [7, 11) is 0. The van der Waals surface area contributed by atoms with Gasteiger partial charge in [0, 0.05) is 38.6 Å². The Labute approximate surface area is 264 Å². The van der Waals surface area contributed by atoms with E-state index < -0.39 is 17.3 Å². The number of likely N-dealkylation sites (tertiary alicyclic amines) is 1. The summed E-state index contributed by atoms with van der Waals surface area (Å²) in [4.78, 5) is 50.2. The predicted octanol–water partition coefficient (Wildman–Crippen LogP) is 5.32. The second kappa shape index (κ2) is 13.2. The average Bonchev–Trinajstić information content (AvgIpc) is 3.54. The Bertz CT molecular complexity index is 1330. The lowest BCUT2D eigenvalue weighted by Crippen LogP contribution is -2.51. The summed E-state index contributed by atoms with van der Waals surface area (Å²) in [6, 6.07) is 9.07. The standard InChI is InChI=1S/C32H46N6O7/c1-31(2,3)44-29(40)35-17-14-23(15-18-35)36(30(41)45-32(4,5)6)19-16-26-33-34-27(43-26)25-13-12-24-20-37(25)28(39)38(24)42-21-22-10-8-7-9-11-22/h7-11,23-25H,12-21H2,1-6H3/t24-,25+/m1/s1. The Kier molecular flexibility index (Phi) is 9.57. The number of urea groups is 1. The highest BCUT2D eigenvalue weighted by atomic mass is 16.7. The summed E-state index contributed by atoms with van der Waals surface area (Å²) in [5, 5.41) is 10.0. The molecule has 4 amide bonds. The van der Waals surface area contributed by atoms with Gasteiger partial charge in [0.05, 0.1) is 6.04 Å². The number of ether oxygens (including phenoxy) is 2. The van der Waals surface area contributed by atoms with E-state index in [0.717, 1.165) is 12.0 Å². The van der Waals surface area contributed by atoms with Gasteiger partial charge in [0.25, 0.3) is 0 Å². The van der Waals surface area contributed by atoms with Gasteiger partial charge in [0.15, 0.2) is 0 Å². The number of benzene rings is 1. The SMILES string of the molecule is CC(C)(C)OC(=O)N1CCC(N(CCc2nnc([C@@H]3CC[C@@H]4CN3C(=O)N4OCc3ccccc3)o2)C(=O)OC(C)(C)C)CC1. The lowest BCUT2D eigenvalue weighted by molar-refractivity contribution is -0.140. The van der Waals surface area contributed by atoms with Crippen LogP contribution >= 0.6 is 0 Å². The largest absolute Gasteiger partial charge is 0.444 e. The van der Waals surface area contributed by atoms with Crippen LogP contribution in [0.3, 0.4) is 0 Å². The van der Waals surface area contributed by atoms with Crippen LogP contribution in [-0.4, -0.2) is 97.6 Å². The molecule has 3 saturated heterocycles. The smallest absolute Gasteiger partial charge is 0.410 e. The minimum atomic E-state index is -0.663. The van der Waals surface area contributed by atoms with Crippen LogP contribution in [0.1, 0.15) is 90.6 Å². The van der Waals surface area contributed by atoms with Gasteiger partial charge in [-0.15, -0.1) is 10.2 Å². The zero-order valence-electron chi connectivity index (χ0n) is 27.2. The van der Waals surface area contributed by atoms with Crippen LogP contribution in [0.2, 0.25) is 0 Å². The number of piperidine rings is 2. The molecular formula is C32H46N6O7. The lowest BCUT2D eigenvalue weighted by atomic mass is 10.0. The fraction of sp³-hybridized carbons (Fsp3) is 0.656. The lowest BCUT2D eigenvalue weighted by Gasteiger charge is -2.39. The summed E-state index contributed by atoms with van der Waals surface area (Å²) in [6.45, 7) is 13.1. The molecule has 0 aliphatic carbocycles.